The number of rotatable bonds is 2. The molecule has 0 radical (unpaired) electrons. The number of hydrogen-bond donors (Lipinski definition) is 1. The van der Waals surface area contributed by atoms with Crippen molar-refractivity contribution in [1.29, 1.82) is 0 Å². The van der Waals surface area contributed by atoms with E-state index in [9.17, 15) is 4.79 Å². The van der Waals surface area contributed by atoms with Gasteiger partial charge in [0.15, 0.2) is 0 Å². The summed E-state index contributed by atoms with van der Waals surface area (Å²) in [6.45, 7) is 4.34. The maximum atomic E-state index is 10.7. The smallest absolute Gasteiger partial charge is 0.307 e. The van der Waals surface area contributed by atoms with Gasteiger partial charge in [-0.2, -0.15) is 0 Å². The van der Waals surface area contributed by atoms with Gasteiger partial charge in [0.1, 0.15) is 0 Å². The van der Waals surface area contributed by atoms with Crippen molar-refractivity contribution in [1.82, 2.24) is 0 Å². The van der Waals surface area contributed by atoms with E-state index in [0.29, 0.717) is 5.41 Å². The molecule has 0 aromatic rings. The van der Waals surface area contributed by atoms with E-state index in [1.54, 1.807) is 0 Å². The number of carboxylic acids is 1. The van der Waals surface area contributed by atoms with Crippen LogP contribution in [0.25, 0.3) is 0 Å². The molecule has 2 saturated carbocycles. The third kappa shape index (κ3) is 0.754. The Hall–Kier alpha value is -0.530. The molecule has 0 aromatic heterocycles. The molecular formula is C9H14O2. The third-order valence-electron chi connectivity index (χ3n) is 3.91. The fraction of sp³-hybridized carbons (Fsp3) is 0.889. The highest BCUT2D eigenvalue weighted by atomic mass is 16.4. The van der Waals surface area contributed by atoms with Crippen molar-refractivity contribution in [3.8, 4) is 0 Å². The average Bonchev–Trinajstić information content (AvgIpc) is 2.71. The van der Waals surface area contributed by atoms with Gasteiger partial charge in [-0.05, 0) is 30.1 Å². The summed E-state index contributed by atoms with van der Waals surface area (Å²) in [5, 5.41) is 8.78. The van der Waals surface area contributed by atoms with Crippen LogP contribution in [-0.2, 0) is 4.79 Å². The second kappa shape index (κ2) is 1.62. The number of carbonyl (C=O) groups is 1. The summed E-state index contributed by atoms with van der Waals surface area (Å²) < 4.78 is 0. The fourth-order valence-corrected chi connectivity index (χ4v) is 2.15. The maximum Gasteiger partial charge on any atom is 0.307 e. The minimum Gasteiger partial charge on any atom is -0.481 e. The quantitative estimate of drug-likeness (QED) is 0.659. The van der Waals surface area contributed by atoms with Crippen LogP contribution in [0.1, 0.15) is 33.1 Å². The van der Waals surface area contributed by atoms with Crippen LogP contribution in [-0.4, -0.2) is 11.1 Å². The molecule has 0 aliphatic heterocycles. The molecule has 2 atom stereocenters. The van der Waals surface area contributed by atoms with Crippen molar-refractivity contribution < 1.29 is 9.90 Å². The van der Waals surface area contributed by atoms with E-state index in [2.05, 4.69) is 13.8 Å². The van der Waals surface area contributed by atoms with Crippen molar-refractivity contribution >= 4 is 5.97 Å². The lowest BCUT2D eigenvalue weighted by Crippen LogP contribution is -2.16. The average molecular weight is 154 g/mol. The van der Waals surface area contributed by atoms with Gasteiger partial charge in [-0.1, -0.05) is 13.8 Å². The Balaban J connectivity index is 2.11. The molecule has 1 N–H and O–H groups in total. The van der Waals surface area contributed by atoms with Gasteiger partial charge < -0.3 is 5.11 Å². The molecule has 2 rings (SSSR count). The van der Waals surface area contributed by atoms with Crippen LogP contribution < -0.4 is 0 Å². The molecule has 11 heavy (non-hydrogen) atoms. The van der Waals surface area contributed by atoms with Crippen molar-refractivity contribution in [3.63, 3.8) is 0 Å². The first-order chi connectivity index (χ1) is 5.00. The first-order valence-corrected chi connectivity index (χ1v) is 4.22. The Bertz CT molecular complexity index is 218. The summed E-state index contributed by atoms with van der Waals surface area (Å²) in [5.41, 5.74) is 0.509. The summed E-state index contributed by atoms with van der Waals surface area (Å²) in [5.74, 6) is -0.643. The number of hydrogen-bond acceptors (Lipinski definition) is 1. The van der Waals surface area contributed by atoms with Crippen LogP contribution in [0.5, 0.6) is 0 Å². The lowest BCUT2D eigenvalue weighted by atomic mass is 9.87. The Morgan fingerprint density at radius 3 is 2.27 bits per heavy atom. The zero-order valence-corrected chi connectivity index (χ0v) is 7.05. The van der Waals surface area contributed by atoms with E-state index < -0.39 is 5.97 Å². The Morgan fingerprint density at radius 2 is 2.00 bits per heavy atom. The van der Waals surface area contributed by atoms with Gasteiger partial charge in [0.2, 0.25) is 0 Å². The van der Waals surface area contributed by atoms with Crippen LogP contribution in [0.3, 0.4) is 0 Å². The molecule has 0 heterocycles. The summed E-state index contributed by atoms with van der Waals surface area (Å²) >= 11 is 0. The standard InChI is InChI=1S/C9H14O2/c1-8(3-4-8)9(2)5-6(9)7(10)11/h6H,3-5H2,1-2H3,(H,10,11). The van der Waals surface area contributed by atoms with Gasteiger partial charge in [-0.3, -0.25) is 4.79 Å². The molecule has 0 aromatic carbocycles. The predicted octanol–water partition coefficient (Wildman–Crippen LogP) is 1.90. The van der Waals surface area contributed by atoms with E-state index in [1.807, 2.05) is 0 Å². The molecule has 0 spiro atoms. The zero-order valence-electron chi connectivity index (χ0n) is 7.05. The van der Waals surface area contributed by atoms with Crippen molar-refractivity contribution in [2.45, 2.75) is 33.1 Å². The van der Waals surface area contributed by atoms with Crippen molar-refractivity contribution in [3.05, 3.63) is 0 Å². The maximum absolute atomic E-state index is 10.7. The molecular weight excluding hydrogens is 140 g/mol. The molecule has 2 fully saturated rings. The minimum atomic E-state index is -0.597. The van der Waals surface area contributed by atoms with Gasteiger partial charge in [-0.15, -0.1) is 0 Å². The van der Waals surface area contributed by atoms with Crippen LogP contribution in [0.2, 0.25) is 0 Å². The van der Waals surface area contributed by atoms with Gasteiger partial charge in [0.25, 0.3) is 0 Å². The summed E-state index contributed by atoms with van der Waals surface area (Å²) in [7, 11) is 0. The molecule has 2 aliphatic rings. The predicted molar refractivity (Wildman–Crippen MR) is 41.2 cm³/mol. The largest absolute Gasteiger partial charge is 0.481 e. The molecule has 2 heteroatoms. The lowest BCUT2D eigenvalue weighted by Gasteiger charge is -2.17. The molecule has 0 bridgehead atoms. The first-order valence-electron chi connectivity index (χ1n) is 4.22. The second-order valence-electron chi connectivity index (χ2n) is 4.57. The van der Waals surface area contributed by atoms with Gasteiger partial charge in [-0.25, -0.2) is 0 Å². The summed E-state index contributed by atoms with van der Waals surface area (Å²) in [4.78, 5) is 10.7. The van der Waals surface area contributed by atoms with Crippen molar-refractivity contribution in [2.24, 2.45) is 16.7 Å². The van der Waals surface area contributed by atoms with Crippen LogP contribution >= 0.6 is 0 Å². The molecule has 2 nitrogen and oxygen atoms in total. The second-order valence-corrected chi connectivity index (χ2v) is 4.57. The van der Waals surface area contributed by atoms with Crippen LogP contribution in [0, 0.1) is 16.7 Å². The topological polar surface area (TPSA) is 37.3 Å². The van der Waals surface area contributed by atoms with E-state index in [-0.39, 0.29) is 11.3 Å². The highest BCUT2D eigenvalue weighted by Crippen LogP contribution is 2.72. The van der Waals surface area contributed by atoms with Gasteiger partial charge >= 0.3 is 5.97 Å². The zero-order chi connectivity index (χ0) is 8.28. The third-order valence-corrected chi connectivity index (χ3v) is 3.91. The van der Waals surface area contributed by atoms with E-state index in [1.165, 1.54) is 12.8 Å². The highest BCUT2D eigenvalue weighted by Gasteiger charge is 2.68. The summed E-state index contributed by atoms with van der Waals surface area (Å²) in [6.07, 6.45) is 3.36. The number of carboxylic acid groups (broad SMARTS) is 1. The SMILES string of the molecule is CC1(C2(C)CC2C(=O)O)CC1. The Labute approximate surface area is 66.6 Å². The van der Waals surface area contributed by atoms with Crippen molar-refractivity contribution in [2.75, 3.05) is 0 Å². The molecule has 62 valence electrons. The van der Waals surface area contributed by atoms with E-state index in [0.717, 1.165) is 6.42 Å². The molecule has 2 unspecified atom stereocenters. The monoisotopic (exact) mass is 154 g/mol. The van der Waals surface area contributed by atoms with Gasteiger partial charge in [0.05, 0.1) is 5.92 Å². The summed E-state index contributed by atoms with van der Waals surface area (Å²) in [6, 6.07) is 0. The van der Waals surface area contributed by atoms with E-state index in [4.69, 9.17) is 5.11 Å². The fourth-order valence-electron chi connectivity index (χ4n) is 2.15. The normalized spacial score (nSPS) is 45.1. The lowest BCUT2D eigenvalue weighted by molar-refractivity contribution is -0.139. The van der Waals surface area contributed by atoms with Crippen LogP contribution in [0.4, 0.5) is 0 Å². The van der Waals surface area contributed by atoms with Crippen LogP contribution in [0.15, 0.2) is 0 Å². The van der Waals surface area contributed by atoms with Gasteiger partial charge in [0, 0.05) is 0 Å². The molecule has 0 amide bonds. The molecule has 2 aliphatic carbocycles. The highest BCUT2D eigenvalue weighted by molar-refractivity contribution is 5.75. The first kappa shape index (κ1) is 7.14. The Kier molecular flexibility index (Phi) is 1.05. The Morgan fingerprint density at radius 1 is 1.45 bits per heavy atom. The van der Waals surface area contributed by atoms with E-state index >= 15 is 0 Å². The minimum absolute atomic E-state index is 0.0463. The number of aliphatic carboxylic acids is 1. The molecule has 0 saturated heterocycles.